The van der Waals surface area contributed by atoms with Gasteiger partial charge in [-0.3, -0.25) is 4.79 Å². The second-order valence-electron chi connectivity index (χ2n) is 3.77. The standard InChI is InChI=1S/C10H20N2O2/c1-3-9(11)10(13)12(6-7-14-2)8-4-5-8/h8-9H,3-7,11H2,1-2H3/t9-/m1/s1. The van der Waals surface area contributed by atoms with Crippen molar-refractivity contribution in [2.75, 3.05) is 20.3 Å². The summed E-state index contributed by atoms with van der Waals surface area (Å²) in [5.74, 6) is 0.0760. The molecule has 0 radical (unpaired) electrons. The average Bonchev–Trinajstić information content (AvgIpc) is 3.01. The van der Waals surface area contributed by atoms with Crippen molar-refractivity contribution in [3.8, 4) is 0 Å². The van der Waals surface area contributed by atoms with Crippen molar-refractivity contribution in [3.05, 3.63) is 0 Å². The minimum absolute atomic E-state index is 0.0760. The maximum absolute atomic E-state index is 11.8. The predicted molar refractivity (Wildman–Crippen MR) is 54.9 cm³/mol. The summed E-state index contributed by atoms with van der Waals surface area (Å²) in [6.07, 6.45) is 2.94. The Labute approximate surface area is 85.4 Å². The van der Waals surface area contributed by atoms with Gasteiger partial charge in [0.05, 0.1) is 12.6 Å². The quantitative estimate of drug-likeness (QED) is 0.673. The van der Waals surface area contributed by atoms with Gasteiger partial charge in [0.1, 0.15) is 0 Å². The number of methoxy groups -OCH3 is 1. The average molecular weight is 200 g/mol. The minimum atomic E-state index is -0.340. The summed E-state index contributed by atoms with van der Waals surface area (Å²) in [7, 11) is 1.65. The molecule has 0 aromatic rings. The number of hydrogen-bond acceptors (Lipinski definition) is 3. The fourth-order valence-electron chi connectivity index (χ4n) is 1.44. The van der Waals surface area contributed by atoms with Crippen LogP contribution in [0.15, 0.2) is 0 Å². The number of nitrogens with two attached hydrogens (primary N) is 1. The van der Waals surface area contributed by atoms with E-state index in [1.54, 1.807) is 7.11 Å². The van der Waals surface area contributed by atoms with Gasteiger partial charge in [-0.25, -0.2) is 0 Å². The maximum Gasteiger partial charge on any atom is 0.239 e. The van der Waals surface area contributed by atoms with Gasteiger partial charge >= 0.3 is 0 Å². The number of ether oxygens (including phenoxy) is 1. The molecule has 0 unspecified atom stereocenters. The zero-order chi connectivity index (χ0) is 10.6. The highest BCUT2D eigenvalue weighted by Crippen LogP contribution is 2.27. The summed E-state index contributed by atoms with van der Waals surface area (Å²) < 4.78 is 4.98. The molecule has 0 heterocycles. The molecule has 0 bridgehead atoms. The van der Waals surface area contributed by atoms with E-state index >= 15 is 0 Å². The molecule has 4 nitrogen and oxygen atoms in total. The molecule has 1 fully saturated rings. The van der Waals surface area contributed by atoms with Crippen molar-refractivity contribution in [1.82, 2.24) is 4.90 Å². The third-order valence-corrected chi connectivity index (χ3v) is 2.56. The van der Waals surface area contributed by atoms with E-state index in [0.29, 0.717) is 25.6 Å². The lowest BCUT2D eigenvalue weighted by molar-refractivity contribution is -0.133. The molecule has 1 rings (SSSR count). The van der Waals surface area contributed by atoms with Crippen LogP contribution < -0.4 is 5.73 Å². The van der Waals surface area contributed by atoms with E-state index in [-0.39, 0.29) is 11.9 Å². The lowest BCUT2D eigenvalue weighted by Crippen LogP contribution is -2.45. The van der Waals surface area contributed by atoms with Crippen LogP contribution in [0.3, 0.4) is 0 Å². The molecule has 0 aliphatic heterocycles. The first-order chi connectivity index (χ1) is 6.70. The van der Waals surface area contributed by atoms with E-state index in [1.165, 1.54) is 0 Å². The van der Waals surface area contributed by atoms with Crippen LogP contribution in [-0.2, 0) is 9.53 Å². The van der Waals surface area contributed by atoms with E-state index in [4.69, 9.17) is 10.5 Å². The topological polar surface area (TPSA) is 55.6 Å². The van der Waals surface area contributed by atoms with Gasteiger partial charge in [-0.15, -0.1) is 0 Å². The Hall–Kier alpha value is -0.610. The van der Waals surface area contributed by atoms with Gasteiger partial charge in [0.15, 0.2) is 0 Å². The third kappa shape index (κ3) is 2.96. The summed E-state index contributed by atoms with van der Waals surface area (Å²) in [5, 5.41) is 0. The molecular formula is C10H20N2O2. The zero-order valence-electron chi connectivity index (χ0n) is 9.03. The Morgan fingerprint density at radius 1 is 1.64 bits per heavy atom. The van der Waals surface area contributed by atoms with Crippen molar-refractivity contribution in [1.29, 1.82) is 0 Å². The van der Waals surface area contributed by atoms with Gasteiger partial charge < -0.3 is 15.4 Å². The Morgan fingerprint density at radius 2 is 2.29 bits per heavy atom. The third-order valence-electron chi connectivity index (χ3n) is 2.56. The molecule has 0 spiro atoms. The second kappa shape index (κ2) is 5.32. The van der Waals surface area contributed by atoms with E-state index in [2.05, 4.69) is 0 Å². The van der Waals surface area contributed by atoms with Crippen molar-refractivity contribution in [2.45, 2.75) is 38.3 Å². The monoisotopic (exact) mass is 200 g/mol. The first kappa shape index (κ1) is 11.5. The highest BCUT2D eigenvalue weighted by atomic mass is 16.5. The highest BCUT2D eigenvalue weighted by molar-refractivity contribution is 5.82. The van der Waals surface area contributed by atoms with Gasteiger partial charge in [-0.2, -0.15) is 0 Å². The fourth-order valence-corrected chi connectivity index (χ4v) is 1.44. The fraction of sp³-hybridized carbons (Fsp3) is 0.900. The van der Waals surface area contributed by atoms with Crippen molar-refractivity contribution in [3.63, 3.8) is 0 Å². The van der Waals surface area contributed by atoms with Crippen molar-refractivity contribution in [2.24, 2.45) is 5.73 Å². The smallest absolute Gasteiger partial charge is 0.239 e. The molecule has 1 aliphatic carbocycles. The lowest BCUT2D eigenvalue weighted by atomic mass is 10.2. The lowest BCUT2D eigenvalue weighted by Gasteiger charge is -2.24. The molecular weight excluding hydrogens is 180 g/mol. The molecule has 82 valence electrons. The number of amides is 1. The van der Waals surface area contributed by atoms with Crippen LogP contribution in [0, 0.1) is 0 Å². The van der Waals surface area contributed by atoms with Crippen LogP contribution in [0.4, 0.5) is 0 Å². The molecule has 0 aromatic carbocycles. The molecule has 0 aromatic heterocycles. The molecule has 14 heavy (non-hydrogen) atoms. The number of nitrogens with zero attached hydrogens (tertiary/aromatic N) is 1. The van der Waals surface area contributed by atoms with Crippen LogP contribution in [0.1, 0.15) is 26.2 Å². The van der Waals surface area contributed by atoms with Crippen LogP contribution in [0.25, 0.3) is 0 Å². The summed E-state index contributed by atoms with van der Waals surface area (Å²) >= 11 is 0. The second-order valence-corrected chi connectivity index (χ2v) is 3.77. The summed E-state index contributed by atoms with van der Waals surface area (Å²) in [6, 6.07) is 0.0858. The Bertz CT molecular complexity index is 193. The Balaban J connectivity index is 2.44. The van der Waals surface area contributed by atoms with E-state index < -0.39 is 0 Å². The van der Waals surface area contributed by atoms with Gasteiger partial charge in [0, 0.05) is 19.7 Å². The van der Waals surface area contributed by atoms with Gasteiger partial charge in [0.2, 0.25) is 5.91 Å². The summed E-state index contributed by atoms with van der Waals surface area (Å²) in [6.45, 7) is 3.20. The van der Waals surface area contributed by atoms with Crippen LogP contribution >= 0.6 is 0 Å². The number of carbonyl (C=O) groups is 1. The van der Waals surface area contributed by atoms with Crippen molar-refractivity contribution < 1.29 is 9.53 Å². The molecule has 1 aliphatic rings. The maximum atomic E-state index is 11.8. The van der Waals surface area contributed by atoms with Crippen molar-refractivity contribution >= 4 is 5.91 Å². The molecule has 1 saturated carbocycles. The van der Waals surface area contributed by atoms with Crippen LogP contribution in [0.5, 0.6) is 0 Å². The normalized spacial score (nSPS) is 17.9. The van der Waals surface area contributed by atoms with Gasteiger partial charge in [-0.05, 0) is 19.3 Å². The number of hydrogen-bond donors (Lipinski definition) is 1. The van der Waals surface area contributed by atoms with E-state index in [9.17, 15) is 4.79 Å². The molecule has 4 heteroatoms. The molecule has 1 amide bonds. The highest BCUT2D eigenvalue weighted by Gasteiger charge is 2.33. The SMILES string of the molecule is CC[C@@H](N)C(=O)N(CCOC)C1CC1. The number of carbonyl (C=O) groups excluding carboxylic acids is 1. The first-order valence-corrected chi connectivity index (χ1v) is 5.25. The van der Waals surface area contributed by atoms with E-state index in [1.807, 2.05) is 11.8 Å². The largest absolute Gasteiger partial charge is 0.383 e. The Kier molecular flexibility index (Phi) is 4.35. The predicted octanol–water partition coefficient (Wildman–Crippen LogP) is 0.361. The first-order valence-electron chi connectivity index (χ1n) is 5.25. The summed E-state index contributed by atoms with van der Waals surface area (Å²) in [5.41, 5.74) is 5.72. The van der Waals surface area contributed by atoms with Gasteiger partial charge in [-0.1, -0.05) is 6.92 Å². The van der Waals surface area contributed by atoms with Gasteiger partial charge in [0.25, 0.3) is 0 Å². The van der Waals surface area contributed by atoms with Crippen LogP contribution in [0.2, 0.25) is 0 Å². The number of rotatable bonds is 6. The summed E-state index contributed by atoms with van der Waals surface area (Å²) in [4.78, 5) is 13.7. The molecule has 0 saturated heterocycles. The minimum Gasteiger partial charge on any atom is -0.383 e. The molecule has 1 atom stereocenters. The molecule has 2 N–H and O–H groups in total. The van der Waals surface area contributed by atoms with Crippen LogP contribution in [-0.4, -0.2) is 43.2 Å². The Morgan fingerprint density at radius 3 is 2.71 bits per heavy atom. The zero-order valence-corrected chi connectivity index (χ0v) is 9.03. The van der Waals surface area contributed by atoms with E-state index in [0.717, 1.165) is 12.8 Å².